The van der Waals surface area contributed by atoms with Crippen molar-refractivity contribution in [1.29, 1.82) is 0 Å². The summed E-state index contributed by atoms with van der Waals surface area (Å²) in [5.74, 6) is -1.25. The number of aromatic nitrogens is 1. The minimum atomic E-state index is -3.73. The molecule has 3 aromatic rings. The lowest BCUT2D eigenvalue weighted by molar-refractivity contribution is -0.118. The summed E-state index contributed by atoms with van der Waals surface area (Å²) in [6.07, 6.45) is 1.40. The molecular formula is C22H22ClFN2O4S2. The van der Waals surface area contributed by atoms with E-state index in [4.69, 9.17) is 16.3 Å². The van der Waals surface area contributed by atoms with Crippen LogP contribution in [0.3, 0.4) is 0 Å². The number of carbonyl (C=O) groups is 1. The van der Waals surface area contributed by atoms with E-state index in [2.05, 4.69) is 4.98 Å². The van der Waals surface area contributed by atoms with Crippen molar-refractivity contribution in [3.05, 3.63) is 52.8 Å². The lowest BCUT2D eigenvalue weighted by Crippen LogP contribution is -2.38. The number of hydrogen-bond donors (Lipinski definition) is 0. The average Bonchev–Trinajstić information content (AvgIpc) is 3.40. The van der Waals surface area contributed by atoms with Crippen LogP contribution in [0.5, 0.6) is 0 Å². The highest BCUT2D eigenvalue weighted by Crippen LogP contribution is 2.34. The van der Waals surface area contributed by atoms with E-state index in [9.17, 15) is 17.6 Å². The fourth-order valence-electron chi connectivity index (χ4n) is 3.65. The molecule has 10 heteroatoms. The molecule has 4 rings (SSSR count). The molecule has 1 amide bonds. The first kappa shape index (κ1) is 23.1. The monoisotopic (exact) mass is 496 g/mol. The number of anilines is 1. The number of sulfone groups is 1. The molecule has 2 heterocycles. The molecule has 32 heavy (non-hydrogen) atoms. The summed E-state index contributed by atoms with van der Waals surface area (Å²) in [4.78, 5) is 19.3. The lowest BCUT2D eigenvalue weighted by atomic mass is 10.2. The Hall–Kier alpha value is -2.07. The third-order valence-corrected chi connectivity index (χ3v) is 8.31. The first-order valence-corrected chi connectivity index (χ1v) is 13.0. The fourth-order valence-corrected chi connectivity index (χ4v) is 6.33. The number of nitrogens with zero attached hydrogens (tertiary/aromatic N) is 2. The van der Waals surface area contributed by atoms with Gasteiger partial charge in [-0.15, -0.1) is 0 Å². The Morgan fingerprint density at radius 3 is 2.75 bits per heavy atom. The molecule has 1 atom stereocenters. The molecule has 0 saturated carbocycles. The van der Waals surface area contributed by atoms with E-state index in [-0.39, 0.29) is 29.1 Å². The van der Waals surface area contributed by atoms with E-state index in [1.165, 1.54) is 28.4 Å². The number of hydrogen-bond acceptors (Lipinski definition) is 6. The molecule has 1 aliphatic heterocycles. The van der Waals surface area contributed by atoms with Gasteiger partial charge < -0.3 is 4.74 Å². The van der Waals surface area contributed by atoms with Crippen LogP contribution in [-0.2, 0) is 19.4 Å². The van der Waals surface area contributed by atoms with E-state index < -0.39 is 15.7 Å². The van der Waals surface area contributed by atoms with E-state index in [0.29, 0.717) is 23.3 Å². The Labute approximate surface area is 194 Å². The van der Waals surface area contributed by atoms with E-state index in [1.807, 2.05) is 13.0 Å². The zero-order valence-corrected chi connectivity index (χ0v) is 19.8. The smallest absolute Gasteiger partial charge is 0.229 e. The van der Waals surface area contributed by atoms with Gasteiger partial charge in [-0.25, -0.2) is 17.8 Å². The Morgan fingerprint density at radius 1 is 1.31 bits per heavy atom. The van der Waals surface area contributed by atoms with Crippen molar-refractivity contribution >= 4 is 54.0 Å². The molecule has 1 aromatic heterocycles. The highest BCUT2D eigenvalue weighted by Gasteiger charge is 2.28. The maximum Gasteiger partial charge on any atom is 0.229 e. The van der Waals surface area contributed by atoms with Gasteiger partial charge in [0.15, 0.2) is 15.0 Å². The van der Waals surface area contributed by atoms with Crippen molar-refractivity contribution in [2.24, 2.45) is 0 Å². The highest BCUT2D eigenvalue weighted by molar-refractivity contribution is 7.91. The summed E-state index contributed by atoms with van der Waals surface area (Å²) in [7, 11) is -3.73. The molecule has 0 N–H and O–H groups in total. The second-order valence-electron chi connectivity index (χ2n) is 7.73. The van der Waals surface area contributed by atoms with Gasteiger partial charge in [-0.1, -0.05) is 22.9 Å². The van der Waals surface area contributed by atoms with Crippen molar-refractivity contribution < 1.29 is 22.3 Å². The van der Waals surface area contributed by atoms with Crippen molar-refractivity contribution in [2.45, 2.75) is 37.2 Å². The van der Waals surface area contributed by atoms with E-state index >= 15 is 0 Å². The Kier molecular flexibility index (Phi) is 6.80. The van der Waals surface area contributed by atoms with Gasteiger partial charge in [0.05, 0.1) is 33.5 Å². The number of benzene rings is 2. The van der Waals surface area contributed by atoms with Crippen LogP contribution in [-0.4, -0.2) is 44.3 Å². The first-order valence-electron chi connectivity index (χ1n) is 10.2. The highest BCUT2D eigenvalue weighted by atomic mass is 35.5. The zero-order chi connectivity index (χ0) is 22.9. The van der Waals surface area contributed by atoms with Crippen LogP contribution in [0.4, 0.5) is 9.52 Å². The summed E-state index contributed by atoms with van der Waals surface area (Å²) >= 11 is 7.51. The third-order valence-electron chi connectivity index (χ3n) is 5.34. The van der Waals surface area contributed by atoms with Crippen molar-refractivity contribution in [2.75, 3.05) is 23.8 Å². The Bertz CT molecular complexity index is 1240. The minimum absolute atomic E-state index is 0.0115. The number of fused-ring (bicyclic) bond motifs is 1. The molecule has 170 valence electrons. The van der Waals surface area contributed by atoms with Crippen LogP contribution in [0.25, 0.3) is 10.2 Å². The number of thiazole rings is 1. The van der Waals surface area contributed by atoms with E-state index in [0.717, 1.165) is 40.8 Å². The molecule has 1 unspecified atom stereocenters. The topological polar surface area (TPSA) is 76.6 Å². The predicted octanol–water partition coefficient (Wildman–Crippen LogP) is 4.77. The van der Waals surface area contributed by atoms with E-state index in [1.54, 1.807) is 6.07 Å². The zero-order valence-electron chi connectivity index (χ0n) is 17.4. The van der Waals surface area contributed by atoms with Crippen LogP contribution in [0.2, 0.25) is 5.02 Å². The largest absolute Gasteiger partial charge is 0.376 e. The number of ether oxygens (including phenoxy) is 1. The number of aryl methyl sites for hydroxylation is 1. The SMILES string of the molecule is Cc1cc(Cl)cc2sc(N(CC3CCCO3)C(=O)CCS(=O)(=O)c3ccc(F)cc3)nc12. The number of rotatable bonds is 7. The second kappa shape index (κ2) is 9.43. The predicted molar refractivity (Wildman–Crippen MR) is 124 cm³/mol. The molecule has 0 bridgehead atoms. The molecule has 1 fully saturated rings. The normalized spacial score (nSPS) is 16.5. The lowest BCUT2D eigenvalue weighted by Gasteiger charge is -2.23. The van der Waals surface area contributed by atoms with Gasteiger partial charge in [-0.3, -0.25) is 9.69 Å². The van der Waals surface area contributed by atoms with Gasteiger partial charge in [0.2, 0.25) is 5.91 Å². The van der Waals surface area contributed by atoms with Gasteiger partial charge in [0.25, 0.3) is 0 Å². The van der Waals surface area contributed by atoms with Crippen LogP contribution in [0, 0.1) is 12.7 Å². The molecule has 0 spiro atoms. The van der Waals surface area contributed by atoms with Crippen LogP contribution >= 0.6 is 22.9 Å². The molecule has 0 aliphatic carbocycles. The minimum Gasteiger partial charge on any atom is -0.376 e. The summed E-state index contributed by atoms with van der Waals surface area (Å²) < 4.78 is 45.0. The van der Waals surface area contributed by atoms with Crippen molar-refractivity contribution in [3.63, 3.8) is 0 Å². The van der Waals surface area contributed by atoms with Gasteiger partial charge >= 0.3 is 0 Å². The van der Waals surface area contributed by atoms with Crippen LogP contribution in [0.1, 0.15) is 24.8 Å². The standard InChI is InChI=1S/C22H22ClFN2O4S2/c1-14-11-15(23)12-19-21(14)25-22(31-19)26(13-17-3-2-9-30-17)20(27)8-10-32(28,29)18-6-4-16(24)5-7-18/h4-7,11-12,17H,2-3,8-10,13H2,1H3. The fraction of sp³-hybridized carbons (Fsp3) is 0.364. The van der Waals surface area contributed by atoms with Gasteiger partial charge in [0.1, 0.15) is 5.82 Å². The first-order chi connectivity index (χ1) is 15.2. The molecule has 1 saturated heterocycles. The average molecular weight is 497 g/mol. The maximum atomic E-state index is 13.2. The summed E-state index contributed by atoms with van der Waals surface area (Å²) in [6.45, 7) is 2.85. The molecule has 6 nitrogen and oxygen atoms in total. The van der Waals surface area contributed by atoms with Gasteiger partial charge in [-0.2, -0.15) is 0 Å². The van der Waals surface area contributed by atoms with Gasteiger partial charge in [0, 0.05) is 18.1 Å². The number of carbonyl (C=O) groups excluding carboxylic acids is 1. The van der Waals surface area contributed by atoms with Crippen molar-refractivity contribution in [3.8, 4) is 0 Å². The third kappa shape index (κ3) is 5.11. The number of amides is 1. The quantitative estimate of drug-likeness (QED) is 0.440. The maximum absolute atomic E-state index is 13.2. The van der Waals surface area contributed by atoms with Crippen molar-refractivity contribution in [1.82, 2.24) is 4.98 Å². The molecular weight excluding hydrogens is 475 g/mol. The van der Waals surface area contributed by atoms with Gasteiger partial charge in [-0.05, 0) is 61.7 Å². The van der Waals surface area contributed by atoms with Crippen LogP contribution in [0.15, 0.2) is 41.3 Å². The second-order valence-corrected chi connectivity index (χ2v) is 11.3. The van der Waals surface area contributed by atoms with Crippen LogP contribution < -0.4 is 4.90 Å². The summed E-state index contributed by atoms with van der Waals surface area (Å²) in [6, 6.07) is 8.21. The number of halogens is 2. The summed E-state index contributed by atoms with van der Waals surface area (Å²) in [5.41, 5.74) is 1.66. The molecule has 1 aliphatic rings. The molecule has 2 aromatic carbocycles. The Balaban J connectivity index is 1.58. The Morgan fingerprint density at radius 2 is 2.06 bits per heavy atom. The molecule has 0 radical (unpaired) electrons. The summed E-state index contributed by atoms with van der Waals surface area (Å²) in [5, 5.41) is 1.08.